The summed E-state index contributed by atoms with van der Waals surface area (Å²) < 4.78 is 38.5. The summed E-state index contributed by atoms with van der Waals surface area (Å²) in [4.78, 5) is 1.90. The first-order valence-corrected chi connectivity index (χ1v) is 7.40. The predicted molar refractivity (Wildman–Crippen MR) is 67.8 cm³/mol. The molecule has 2 aliphatic rings. The van der Waals surface area contributed by atoms with Crippen molar-refractivity contribution in [2.75, 3.05) is 13.1 Å². The first kappa shape index (κ1) is 15.1. The van der Waals surface area contributed by atoms with Gasteiger partial charge in [-0.25, -0.2) is 0 Å². The van der Waals surface area contributed by atoms with Crippen LogP contribution in [0.2, 0.25) is 0 Å². The number of rotatable bonds is 2. The molecule has 19 heavy (non-hydrogen) atoms. The van der Waals surface area contributed by atoms with Crippen LogP contribution in [-0.2, 0) is 0 Å². The number of aliphatic hydroxyl groups excluding tert-OH is 1. The molecule has 0 spiro atoms. The van der Waals surface area contributed by atoms with Crippen LogP contribution >= 0.6 is 0 Å². The van der Waals surface area contributed by atoms with Gasteiger partial charge in [0.1, 0.15) is 0 Å². The second-order valence-corrected chi connectivity index (χ2v) is 6.10. The van der Waals surface area contributed by atoms with Gasteiger partial charge in [-0.05, 0) is 44.6 Å². The minimum atomic E-state index is -4.09. The van der Waals surface area contributed by atoms with Crippen LogP contribution in [0.25, 0.3) is 0 Å². The largest absolute Gasteiger partial charge is 0.393 e. The number of hydrogen-bond acceptors (Lipinski definition) is 2. The smallest absolute Gasteiger partial charge is 0.391 e. The molecule has 4 atom stereocenters. The molecule has 1 saturated heterocycles. The van der Waals surface area contributed by atoms with Gasteiger partial charge in [-0.2, -0.15) is 13.2 Å². The Morgan fingerprint density at radius 2 is 1.95 bits per heavy atom. The molecule has 2 nitrogen and oxygen atoms in total. The lowest BCUT2D eigenvalue weighted by atomic mass is 9.80. The highest BCUT2D eigenvalue weighted by molar-refractivity contribution is 4.90. The van der Waals surface area contributed by atoms with Crippen molar-refractivity contribution >= 4 is 0 Å². The monoisotopic (exact) mass is 279 g/mol. The molecule has 0 amide bonds. The number of hydrogen-bond donors (Lipinski definition) is 1. The Bertz CT molecular complexity index is 295. The Kier molecular flexibility index (Phi) is 4.77. The van der Waals surface area contributed by atoms with E-state index in [-0.39, 0.29) is 19.0 Å². The molecular formula is C14H24F3NO. The third-order valence-electron chi connectivity index (χ3n) is 4.85. The lowest BCUT2D eigenvalue weighted by molar-refractivity contribution is -0.191. The van der Waals surface area contributed by atoms with Gasteiger partial charge < -0.3 is 5.11 Å². The SMILES string of the molecule is CCC1CCC(O)C(N2CCCC(C(F)(F)F)C2)C1. The number of likely N-dealkylation sites (tertiary alicyclic amines) is 1. The van der Waals surface area contributed by atoms with E-state index in [0.717, 1.165) is 25.7 Å². The highest BCUT2D eigenvalue weighted by Crippen LogP contribution is 2.37. The van der Waals surface area contributed by atoms with E-state index >= 15 is 0 Å². The van der Waals surface area contributed by atoms with Crippen molar-refractivity contribution in [1.29, 1.82) is 0 Å². The van der Waals surface area contributed by atoms with Crippen LogP contribution in [0.3, 0.4) is 0 Å². The van der Waals surface area contributed by atoms with E-state index in [4.69, 9.17) is 0 Å². The zero-order valence-electron chi connectivity index (χ0n) is 11.5. The minimum Gasteiger partial charge on any atom is -0.391 e. The lowest BCUT2D eigenvalue weighted by Crippen LogP contribution is -2.52. The van der Waals surface area contributed by atoms with Gasteiger partial charge in [-0.3, -0.25) is 4.90 Å². The Balaban J connectivity index is 1.99. The molecule has 2 fully saturated rings. The minimum absolute atomic E-state index is 0.0659. The molecule has 112 valence electrons. The maximum Gasteiger partial charge on any atom is 0.393 e. The van der Waals surface area contributed by atoms with Gasteiger partial charge >= 0.3 is 6.18 Å². The van der Waals surface area contributed by atoms with Crippen molar-refractivity contribution < 1.29 is 18.3 Å². The molecule has 2 rings (SSSR count). The van der Waals surface area contributed by atoms with Crippen molar-refractivity contribution in [1.82, 2.24) is 4.90 Å². The maximum absolute atomic E-state index is 12.8. The van der Waals surface area contributed by atoms with Crippen LogP contribution in [0.4, 0.5) is 13.2 Å². The van der Waals surface area contributed by atoms with Crippen LogP contribution in [0.5, 0.6) is 0 Å². The normalized spacial score (nSPS) is 38.4. The molecule has 1 heterocycles. The third kappa shape index (κ3) is 3.63. The Morgan fingerprint density at radius 3 is 2.58 bits per heavy atom. The number of aliphatic hydroxyl groups is 1. The number of alkyl halides is 3. The average molecular weight is 279 g/mol. The standard InChI is InChI=1S/C14H24F3NO/c1-2-10-5-6-13(19)12(8-10)18-7-3-4-11(9-18)14(15,16)17/h10-13,19H,2-9H2,1H3. The summed E-state index contributed by atoms with van der Waals surface area (Å²) in [5, 5.41) is 10.1. The van der Waals surface area contributed by atoms with E-state index in [1.807, 2.05) is 4.90 Å². The molecule has 0 bridgehead atoms. The number of piperidine rings is 1. The highest BCUT2D eigenvalue weighted by Gasteiger charge is 2.44. The number of nitrogens with zero attached hydrogens (tertiary/aromatic N) is 1. The van der Waals surface area contributed by atoms with E-state index in [1.165, 1.54) is 0 Å². The molecule has 0 radical (unpaired) electrons. The Morgan fingerprint density at radius 1 is 1.21 bits per heavy atom. The molecule has 5 heteroatoms. The third-order valence-corrected chi connectivity index (χ3v) is 4.85. The fourth-order valence-electron chi connectivity index (χ4n) is 3.55. The van der Waals surface area contributed by atoms with Gasteiger partial charge in [0, 0.05) is 12.6 Å². The predicted octanol–water partition coefficient (Wildman–Crippen LogP) is 3.20. The van der Waals surface area contributed by atoms with Gasteiger partial charge in [0.25, 0.3) is 0 Å². The van der Waals surface area contributed by atoms with Gasteiger partial charge in [-0.1, -0.05) is 13.3 Å². The summed E-state index contributed by atoms with van der Waals surface area (Å²) in [7, 11) is 0. The van der Waals surface area contributed by atoms with Gasteiger partial charge in [-0.15, -0.1) is 0 Å². The maximum atomic E-state index is 12.8. The second-order valence-electron chi connectivity index (χ2n) is 6.10. The fraction of sp³-hybridized carbons (Fsp3) is 1.00. The lowest BCUT2D eigenvalue weighted by Gasteiger charge is -2.44. The highest BCUT2D eigenvalue weighted by atomic mass is 19.4. The van der Waals surface area contributed by atoms with Crippen molar-refractivity contribution in [3.8, 4) is 0 Å². The molecule has 4 unspecified atom stereocenters. The average Bonchev–Trinajstić information content (AvgIpc) is 2.38. The Hall–Kier alpha value is -0.290. The van der Waals surface area contributed by atoms with E-state index in [1.54, 1.807) is 0 Å². The zero-order chi connectivity index (χ0) is 14.0. The van der Waals surface area contributed by atoms with Crippen molar-refractivity contribution in [3.05, 3.63) is 0 Å². The molecule has 0 aromatic carbocycles. The van der Waals surface area contributed by atoms with Crippen molar-refractivity contribution in [2.45, 2.75) is 63.8 Å². The molecule has 1 aliphatic heterocycles. The van der Waals surface area contributed by atoms with Crippen LogP contribution in [0.15, 0.2) is 0 Å². The summed E-state index contributed by atoms with van der Waals surface area (Å²) >= 11 is 0. The number of halogens is 3. The summed E-state index contributed by atoms with van der Waals surface area (Å²) in [5.74, 6) is -0.657. The van der Waals surface area contributed by atoms with Gasteiger partial charge in [0.2, 0.25) is 0 Å². The van der Waals surface area contributed by atoms with Gasteiger partial charge in [0.15, 0.2) is 0 Å². The fourth-order valence-corrected chi connectivity index (χ4v) is 3.55. The zero-order valence-corrected chi connectivity index (χ0v) is 11.5. The Labute approximate surface area is 113 Å². The van der Waals surface area contributed by atoms with E-state index in [0.29, 0.717) is 18.9 Å². The quantitative estimate of drug-likeness (QED) is 0.839. The van der Waals surface area contributed by atoms with Crippen LogP contribution < -0.4 is 0 Å². The summed E-state index contributed by atoms with van der Waals surface area (Å²) in [5.41, 5.74) is 0. The molecule has 1 aliphatic carbocycles. The van der Waals surface area contributed by atoms with Crippen LogP contribution in [0.1, 0.15) is 45.4 Å². The molecule has 0 aromatic rings. The molecular weight excluding hydrogens is 255 g/mol. The van der Waals surface area contributed by atoms with E-state index in [9.17, 15) is 18.3 Å². The molecule has 0 aromatic heterocycles. The summed E-state index contributed by atoms with van der Waals surface area (Å²) in [6, 6.07) is -0.0659. The molecule has 1 N–H and O–H groups in total. The van der Waals surface area contributed by atoms with E-state index in [2.05, 4.69) is 6.92 Å². The van der Waals surface area contributed by atoms with Crippen LogP contribution in [-0.4, -0.2) is 41.4 Å². The molecule has 1 saturated carbocycles. The second kappa shape index (κ2) is 6.00. The van der Waals surface area contributed by atoms with Crippen LogP contribution in [0, 0.1) is 11.8 Å². The van der Waals surface area contributed by atoms with Crippen molar-refractivity contribution in [3.63, 3.8) is 0 Å². The topological polar surface area (TPSA) is 23.5 Å². The first-order valence-electron chi connectivity index (χ1n) is 7.40. The first-order chi connectivity index (χ1) is 8.91. The summed E-state index contributed by atoms with van der Waals surface area (Å²) in [6.45, 7) is 2.89. The van der Waals surface area contributed by atoms with Gasteiger partial charge in [0.05, 0.1) is 12.0 Å². The van der Waals surface area contributed by atoms with Crippen molar-refractivity contribution in [2.24, 2.45) is 11.8 Å². The van der Waals surface area contributed by atoms with E-state index < -0.39 is 18.2 Å². The summed E-state index contributed by atoms with van der Waals surface area (Å²) in [6.07, 6.45) is -0.0785.